The Morgan fingerprint density at radius 2 is 1.50 bits per heavy atom. The zero-order valence-electron chi connectivity index (χ0n) is 14.6. The fourth-order valence-electron chi connectivity index (χ4n) is 2.36. The molecule has 2 nitrogen and oxygen atoms in total. The first-order chi connectivity index (χ1) is 11.0. The van der Waals surface area contributed by atoms with Gasteiger partial charge in [0.1, 0.15) is 0 Å². The molecule has 0 aliphatic rings. The van der Waals surface area contributed by atoms with Crippen molar-refractivity contribution in [1.29, 1.82) is 0 Å². The standard InChI is InChI=1S/C14H9.C7H10NO.K/c1-2-6-12-10-14-8-4-3-7-13(14)9-11(12)5-1;1-7(2,3)6-4-5-8-9-6;/h1-3,5-10H;4H,1-3H3;/q2*-1;+1. The minimum Gasteiger partial charge on any atom is -0.470 e. The van der Waals surface area contributed by atoms with E-state index >= 15 is 0 Å². The second-order valence-corrected chi connectivity index (χ2v) is 6.54. The molecule has 24 heavy (non-hydrogen) atoms. The third kappa shape index (κ3) is 4.77. The fourth-order valence-corrected chi connectivity index (χ4v) is 2.36. The summed E-state index contributed by atoms with van der Waals surface area (Å²) in [5.74, 6) is 0.877. The summed E-state index contributed by atoms with van der Waals surface area (Å²) in [5, 5.41) is 8.61. The van der Waals surface area contributed by atoms with E-state index in [1.54, 1.807) is 6.07 Å². The summed E-state index contributed by atoms with van der Waals surface area (Å²) < 4.78 is 4.89. The summed E-state index contributed by atoms with van der Waals surface area (Å²) in [5.41, 5.74) is 0.0625. The van der Waals surface area contributed by atoms with E-state index in [0.29, 0.717) is 0 Å². The monoisotopic (exact) mass is 340 g/mol. The Kier molecular flexibility index (Phi) is 6.78. The Hall–Kier alpha value is -0.974. The Morgan fingerprint density at radius 1 is 0.875 bits per heavy atom. The van der Waals surface area contributed by atoms with Gasteiger partial charge in [-0.05, 0) is 21.9 Å². The first kappa shape index (κ1) is 19.4. The van der Waals surface area contributed by atoms with Crippen LogP contribution in [0.2, 0.25) is 0 Å². The van der Waals surface area contributed by atoms with Crippen LogP contribution in [0.3, 0.4) is 0 Å². The molecule has 4 aromatic rings. The molecule has 0 aliphatic carbocycles. The van der Waals surface area contributed by atoms with Crippen LogP contribution in [-0.2, 0) is 5.41 Å². The summed E-state index contributed by atoms with van der Waals surface area (Å²) in [6.07, 6.45) is 2.62. The maximum absolute atomic E-state index is 4.89. The number of hydrogen-bond acceptors (Lipinski definition) is 2. The van der Waals surface area contributed by atoms with Gasteiger partial charge in [0.2, 0.25) is 0 Å². The molecule has 116 valence electrons. The third-order valence-corrected chi connectivity index (χ3v) is 3.68. The van der Waals surface area contributed by atoms with Crippen molar-refractivity contribution < 1.29 is 55.9 Å². The molecule has 0 aliphatic heterocycles. The molecule has 0 fully saturated rings. The number of rotatable bonds is 0. The van der Waals surface area contributed by atoms with Crippen LogP contribution in [0.25, 0.3) is 21.5 Å². The van der Waals surface area contributed by atoms with Gasteiger partial charge in [0.05, 0.1) is 0 Å². The Bertz CT molecular complexity index is 803. The van der Waals surface area contributed by atoms with Crippen molar-refractivity contribution >= 4 is 21.5 Å². The molecule has 0 radical (unpaired) electrons. The van der Waals surface area contributed by atoms with Gasteiger partial charge in [-0.15, -0.1) is 23.0 Å². The van der Waals surface area contributed by atoms with Crippen LogP contribution < -0.4 is 51.4 Å². The van der Waals surface area contributed by atoms with Crippen LogP contribution in [0.1, 0.15) is 26.5 Å². The number of benzene rings is 3. The van der Waals surface area contributed by atoms with E-state index in [-0.39, 0.29) is 56.8 Å². The Labute approximate surface area is 185 Å². The van der Waals surface area contributed by atoms with Gasteiger partial charge >= 0.3 is 51.4 Å². The average molecular weight is 340 g/mol. The molecule has 3 heteroatoms. The molecule has 0 unspecified atom stereocenters. The van der Waals surface area contributed by atoms with Gasteiger partial charge < -0.3 is 4.52 Å². The summed E-state index contributed by atoms with van der Waals surface area (Å²) >= 11 is 0. The van der Waals surface area contributed by atoms with Crippen LogP contribution in [0.5, 0.6) is 0 Å². The fraction of sp³-hybridized carbons (Fsp3) is 0.190. The SMILES string of the molecule is CC(C)(C)c1c[c-]no1.[K+].[c-]1ccc2cc3ccccc3cc2c1. The summed E-state index contributed by atoms with van der Waals surface area (Å²) in [7, 11) is 0. The maximum Gasteiger partial charge on any atom is 1.00 e. The first-order valence-corrected chi connectivity index (χ1v) is 7.66. The summed E-state index contributed by atoms with van der Waals surface area (Å²) in [4.78, 5) is 0. The van der Waals surface area contributed by atoms with Gasteiger partial charge in [-0.1, -0.05) is 51.1 Å². The number of nitrogens with zero attached hydrogens (tertiary/aromatic N) is 1. The predicted octanol–water partition coefficient (Wildman–Crippen LogP) is 2.57. The van der Waals surface area contributed by atoms with Crippen molar-refractivity contribution in [3.8, 4) is 0 Å². The zero-order valence-corrected chi connectivity index (χ0v) is 17.8. The van der Waals surface area contributed by atoms with Gasteiger partial charge in [-0.2, -0.15) is 30.3 Å². The minimum absolute atomic E-state index is 0. The van der Waals surface area contributed by atoms with Gasteiger partial charge in [0.15, 0.2) is 0 Å². The van der Waals surface area contributed by atoms with Crippen LogP contribution in [-0.4, -0.2) is 5.16 Å². The van der Waals surface area contributed by atoms with Crippen molar-refractivity contribution in [2.75, 3.05) is 0 Å². The van der Waals surface area contributed by atoms with Crippen molar-refractivity contribution in [3.63, 3.8) is 0 Å². The molecule has 0 atom stereocenters. The minimum atomic E-state index is 0. The van der Waals surface area contributed by atoms with Crippen molar-refractivity contribution in [2.45, 2.75) is 26.2 Å². The molecule has 1 heterocycles. The molecule has 0 saturated heterocycles. The van der Waals surface area contributed by atoms with Gasteiger partial charge in [0, 0.05) is 0 Å². The number of hydrogen-bond donors (Lipinski definition) is 0. The summed E-state index contributed by atoms with van der Waals surface area (Å²) in [6.45, 7) is 6.21. The molecule has 0 spiro atoms. The molecule has 1 aromatic heterocycles. The average Bonchev–Trinajstić information content (AvgIpc) is 3.08. The third-order valence-electron chi connectivity index (χ3n) is 3.68. The molecular formula is C21H19KNO-. The van der Waals surface area contributed by atoms with E-state index in [2.05, 4.69) is 80.7 Å². The molecule has 0 N–H and O–H groups in total. The largest absolute Gasteiger partial charge is 1.00 e. The van der Waals surface area contributed by atoms with E-state index < -0.39 is 0 Å². The van der Waals surface area contributed by atoms with E-state index in [9.17, 15) is 0 Å². The van der Waals surface area contributed by atoms with Crippen LogP contribution in [0, 0.1) is 12.3 Å². The molecule has 3 aromatic carbocycles. The van der Waals surface area contributed by atoms with Crippen LogP contribution >= 0.6 is 0 Å². The quantitative estimate of drug-likeness (QED) is 0.279. The van der Waals surface area contributed by atoms with Gasteiger partial charge in [-0.3, -0.25) is 0 Å². The van der Waals surface area contributed by atoms with Crippen molar-refractivity contribution in [3.05, 3.63) is 78.7 Å². The summed E-state index contributed by atoms with van der Waals surface area (Å²) in [6, 6.07) is 23.8. The van der Waals surface area contributed by atoms with E-state index in [1.807, 2.05) is 12.1 Å². The Balaban J connectivity index is 0.000000183. The van der Waals surface area contributed by atoms with Crippen molar-refractivity contribution in [2.24, 2.45) is 0 Å². The topological polar surface area (TPSA) is 26.0 Å². The van der Waals surface area contributed by atoms with E-state index in [4.69, 9.17) is 4.52 Å². The molecule has 0 bridgehead atoms. The molecule has 4 rings (SSSR count). The molecular weight excluding hydrogens is 321 g/mol. The normalized spacial score (nSPS) is 10.8. The smallest absolute Gasteiger partial charge is 0.470 e. The van der Waals surface area contributed by atoms with E-state index in [0.717, 1.165) is 5.76 Å². The Morgan fingerprint density at radius 3 is 2.04 bits per heavy atom. The molecule has 0 amide bonds. The van der Waals surface area contributed by atoms with Crippen LogP contribution in [0.15, 0.2) is 65.2 Å². The van der Waals surface area contributed by atoms with Gasteiger partial charge in [0.25, 0.3) is 0 Å². The van der Waals surface area contributed by atoms with Gasteiger partial charge in [-0.25, -0.2) is 5.16 Å². The second kappa shape index (κ2) is 8.41. The van der Waals surface area contributed by atoms with E-state index in [1.165, 1.54) is 21.5 Å². The van der Waals surface area contributed by atoms with Crippen LogP contribution in [0.4, 0.5) is 0 Å². The first-order valence-electron chi connectivity index (χ1n) is 7.66. The second-order valence-electron chi connectivity index (χ2n) is 6.54. The number of aromatic nitrogens is 1. The zero-order chi connectivity index (χ0) is 16.3. The molecule has 0 saturated carbocycles. The maximum atomic E-state index is 4.89. The number of fused-ring (bicyclic) bond motifs is 2. The van der Waals surface area contributed by atoms with Crippen molar-refractivity contribution in [1.82, 2.24) is 5.16 Å². The predicted molar refractivity (Wildman–Crippen MR) is 94.3 cm³/mol.